The fourth-order valence-electron chi connectivity index (χ4n) is 4.30. The average molecular weight is 462 g/mol. The Kier molecular flexibility index (Phi) is 6.71. The van der Waals surface area contributed by atoms with E-state index in [-0.39, 0.29) is 12.5 Å². The second-order valence-electron chi connectivity index (χ2n) is 8.36. The summed E-state index contributed by atoms with van der Waals surface area (Å²) in [7, 11) is 1.66. The number of fused-ring (bicyclic) bond motifs is 1. The van der Waals surface area contributed by atoms with E-state index in [1.165, 1.54) is 0 Å². The number of ether oxygens (including phenoxy) is 3. The van der Waals surface area contributed by atoms with E-state index in [4.69, 9.17) is 14.2 Å². The number of rotatable bonds is 7. The van der Waals surface area contributed by atoms with Crippen LogP contribution in [0.3, 0.4) is 0 Å². The van der Waals surface area contributed by atoms with Crippen LogP contribution in [0.4, 0.5) is 17.2 Å². The maximum atomic E-state index is 12.7. The van der Waals surface area contributed by atoms with Gasteiger partial charge in [0.25, 0.3) is 5.91 Å². The number of hydrogen-bond donors (Lipinski definition) is 1. The van der Waals surface area contributed by atoms with Crippen LogP contribution in [0.1, 0.15) is 0 Å². The molecule has 34 heavy (non-hydrogen) atoms. The van der Waals surface area contributed by atoms with Gasteiger partial charge in [0.1, 0.15) is 17.2 Å². The number of quaternary nitrogens is 1. The first kappa shape index (κ1) is 22.3. The Morgan fingerprint density at radius 2 is 1.88 bits per heavy atom. The van der Waals surface area contributed by atoms with Crippen LogP contribution < -0.4 is 19.7 Å². The van der Waals surface area contributed by atoms with E-state index in [1.54, 1.807) is 13.3 Å². The smallest absolute Gasteiger partial charge is 0.265 e. The van der Waals surface area contributed by atoms with Crippen molar-refractivity contribution in [1.29, 1.82) is 0 Å². The summed E-state index contributed by atoms with van der Waals surface area (Å²) in [6.45, 7) is 4.80. The Labute approximate surface area is 199 Å². The zero-order chi connectivity index (χ0) is 23.3. The Balaban J connectivity index is 1.37. The minimum atomic E-state index is -0.0142. The molecule has 0 aliphatic carbocycles. The molecule has 5 rings (SSSR count). The van der Waals surface area contributed by atoms with Crippen LogP contribution in [0.25, 0.3) is 11.1 Å². The topological polar surface area (TPSA) is 80.7 Å². The molecule has 0 atom stereocenters. The predicted molar refractivity (Wildman–Crippen MR) is 129 cm³/mol. The van der Waals surface area contributed by atoms with Crippen LogP contribution in [-0.4, -0.2) is 68.9 Å². The third kappa shape index (κ3) is 5.04. The molecule has 8 heteroatoms. The van der Waals surface area contributed by atoms with Crippen molar-refractivity contribution in [3.05, 3.63) is 60.8 Å². The summed E-state index contributed by atoms with van der Waals surface area (Å²) in [4.78, 5) is 21.4. The Morgan fingerprint density at radius 1 is 1.03 bits per heavy atom. The fourth-order valence-corrected chi connectivity index (χ4v) is 4.30. The summed E-state index contributed by atoms with van der Waals surface area (Å²) in [5, 5.41) is 2.02. The molecule has 1 amide bonds. The lowest BCUT2D eigenvalue weighted by atomic mass is 10.0. The van der Waals surface area contributed by atoms with Crippen molar-refractivity contribution < 1.29 is 24.3 Å². The van der Waals surface area contributed by atoms with Gasteiger partial charge >= 0.3 is 0 Å². The monoisotopic (exact) mass is 461 g/mol. The molecule has 2 aromatic carbocycles. The van der Waals surface area contributed by atoms with Crippen molar-refractivity contribution in [2.45, 2.75) is 0 Å². The summed E-state index contributed by atoms with van der Waals surface area (Å²) in [6.07, 6.45) is 1.80. The standard InChI is InChI=1S/C26H28N4O4/c1-32-22-4-2-3-21(17-22)28-25-16-20(7-8-27-25)19-5-6-24-23(15-19)30(26(31)18-34-24)10-9-29-11-13-33-14-12-29/h2-8,15-17H,9-14,18H2,1H3,(H,27,28)/p+1. The second-order valence-corrected chi connectivity index (χ2v) is 8.36. The number of pyridine rings is 1. The second kappa shape index (κ2) is 10.2. The van der Waals surface area contributed by atoms with E-state index in [0.717, 1.165) is 72.7 Å². The number of morpholine rings is 1. The molecule has 2 aliphatic heterocycles. The van der Waals surface area contributed by atoms with Crippen LogP contribution >= 0.6 is 0 Å². The molecule has 1 aromatic heterocycles. The highest BCUT2D eigenvalue weighted by molar-refractivity contribution is 5.98. The number of hydrogen-bond acceptors (Lipinski definition) is 6. The van der Waals surface area contributed by atoms with Crippen LogP contribution in [0.2, 0.25) is 0 Å². The highest BCUT2D eigenvalue weighted by Gasteiger charge is 2.26. The van der Waals surface area contributed by atoms with Gasteiger partial charge in [-0.05, 0) is 41.5 Å². The fraction of sp³-hybridized carbons (Fsp3) is 0.308. The summed E-state index contributed by atoms with van der Waals surface area (Å²) in [6, 6.07) is 17.9. The zero-order valence-electron chi connectivity index (χ0n) is 19.3. The summed E-state index contributed by atoms with van der Waals surface area (Å²) < 4.78 is 16.5. The maximum absolute atomic E-state index is 12.7. The molecular weight excluding hydrogens is 432 g/mol. The van der Waals surface area contributed by atoms with E-state index < -0.39 is 0 Å². The molecule has 0 radical (unpaired) electrons. The Hall–Kier alpha value is -3.46. The lowest BCUT2D eigenvalue weighted by Crippen LogP contribution is -2.71. The van der Waals surface area contributed by atoms with E-state index in [0.29, 0.717) is 6.54 Å². The summed E-state index contributed by atoms with van der Waals surface area (Å²) in [5.74, 6) is 2.38. The predicted octanol–water partition coefficient (Wildman–Crippen LogP) is 2.34. The summed E-state index contributed by atoms with van der Waals surface area (Å²) in [5.41, 5.74) is 3.87. The third-order valence-corrected chi connectivity index (χ3v) is 6.17. The highest BCUT2D eigenvalue weighted by atomic mass is 16.5. The third-order valence-electron chi connectivity index (χ3n) is 6.17. The van der Waals surface area contributed by atoms with Crippen molar-refractivity contribution >= 4 is 23.1 Å². The molecule has 3 aromatic rings. The highest BCUT2D eigenvalue weighted by Crippen LogP contribution is 2.36. The van der Waals surface area contributed by atoms with Gasteiger partial charge in [0, 0.05) is 44.5 Å². The minimum Gasteiger partial charge on any atom is -0.497 e. The largest absolute Gasteiger partial charge is 0.497 e. The van der Waals surface area contributed by atoms with Gasteiger partial charge in [0.05, 0.1) is 26.0 Å². The maximum Gasteiger partial charge on any atom is 0.265 e. The van der Waals surface area contributed by atoms with E-state index >= 15 is 0 Å². The molecule has 1 saturated heterocycles. The van der Waals surface area contributed by atoms with Gasteiger partial charge in [0.2, 0.25) is 5.82 Å². The molecule has 8 nitrogen and oxygen atoms in total. The van der Waals surface area contributed by atoms with Crippen LogP contribution in [0.15, 0.2) is 60.8 Å². The van der Waals surface area contributed by atoms with E-state index in [9.17, 15) is 4.79 Å². The van der Waals surface area contributed by atoms with E-state index in [2.05, 4.69) is 9.88 Å². The number of anilines is 1. The number of nitrogens with two attached hydrogens (primary N) is 1. The van der Waals surface area contributed by atoms with Crippen LogP contribution in [0.5, 0.6) is 11.5 Å². The zero-order valence-corrected chi connectivity index (χ0v) is 19.3. The average Bonchev–Trinajstić information content (AvgIpc) is 2.88. The molecule has 0 bridgehead atoms. The summed E-state index contributed by atoms with van der Waals surface area (Å²) >= 11 is 0. The van der Waals surface area contributed by atoms with Gasteiger partial charge in [-0.15, -0.1) is 0 Å². The number of carbonyl (C=O) groups is 1. The lowest BCUT2D eigenvalue weighted by Gasteiger charge is -2.33. The molecule has 176 valence electrons. The molecule has 2 N–H and O–H groups in total. The Bertz CT molecular complexity index is 1160. The first-order chi connectivity index (χ1) is 16.7. The number of nitrogens with zero attached hydrogens (tertiary/aromatic N) is 3. The normalized spacial score (nSPS) is 16.1. The van der Waals surface area contributed by atoms with Crippen molar-refractivity contribution in [2.75, 3.05) is 58.0 Å². The number of carbonyl (C=O) groups excluding carboxylic acids is 1. The molecule has 3 heterocycles. The van der Waals surface area contributed by atoms with Gasteiger partial charge in [-0.2, -0.15) is 0 Å². The lowest BCUT2D eigenvalue weighted by molar-refractivity contribution is -0.483. The first-order valence-corrected chi connectivity index (χ1v) is 11.5. The van der Waals surface area contributed by atoms with Crippen molar-refractivity contribution in [3.8, 4) is 22.6 Å². The molecule has 0 saturated carbocycles. The van der Waals surface area contributed by atoms with E-state index in [1.807, 2.05) is 64.8 Å². The van der Waals surface area contributed by atoms with Crippen LogP contribution in [0, 0.1) is 0 Å². The van der Waals surface area contributed by atoms with Gasteiger partial charge in [-0.25, -0.2) is 4.98 Å². The SMILES string of the molecule is COc1cccc([NH2+]c2cc(-c3ccc4c(c3)N(CCN3CCOCC3)C(=O)CO4)ccn2)c1. The molecule has 2 aliphatic rings. The Morgan fingerprint density at radius 3 is 2.74 bits per heavy atom. The number of methoxy groups -OCH3 is 1. The number of benzene rings is 2. The van der Waals surface area contributed by atoms with Crippen LogP contribution in [-0.2, 0) is 9.53 Å². The molecule has 0 unspecified atom stereocenters. The molecular formula is C26H29N4O4+. The number of amides is 1. The first-order valence-electron chi connectivity index (χ1n) is 11.5. The quantitative estimate of drug-likeness (QED) is 0.544. The minimum absolute atomic E-state index is 0.0142. The van der Waals surface area contributed by atoms with Gasteiger partial charge < -0.3 is 19.1 Å². The van der Waals surface area contributed by atoms with Crippen molar-refractivity contribution in [3.63, 3.8) is 0 Å². The number of aromatic nitrogens is 1. The van der Waals surface area contributed by atoms with Gasteiger partial charge in [0.15, 0.2) is 6.61 Å². The van der Waals surface area contributed by atoms with Crippen molar-refractivity contribution in [1.82, 2.24) is 9.88 Å². The van der Waals surface area contributed by atoms with Gasteiger partial charge in [-0.1, -0.05) is 12.1 Å². The van der Waals surface area contributed by atoms with Crippen molar-refractivity contribution in [2.24, 2.45) is 0 Å². The molecule has 1 fully saturated rings. The molecule has 0 spiro atoms. The van der Waals surface area contributed by atoms with Gasteiger partial charge in [-0.3, -0.25) is 15.0 Å².